The van der Waals surface area contributed by atoms with Crippen molar-refractivity contribution in [1.82, 2.24) is 10.2 Å². The Morgan fingerprint density at radius 2 is 1.70 bits per heavy atom. The van der Waals surface area contributed by atoms with Crippen LogP contribution in [0.15, 0.2) is 0 Å². The first-order valence-electron chi connectivity index (χ1n) is 8.61. The molecule has 0 aromatic heterocycles. The lowest BCUT2D eigenvalue weighted by atomic mass is 9.76. The largest absolute Gasteiger partial charge is 0.381 e. The van der Waals surface area contributed by atoms with E-state index in [0.717, 1.165) is 19.1 Å². The maximum atomic E-state index is 5.52. The highest BCUT2D eigenvalue weighted by atomic mass is 16.5. The molecule has 1 saturated heterocycles. The lowest BCUT2D eigenvalue weighted by Gasteiger charge is -2.47. The van der Waals surface area contributed by atoms with Gasteiger partial charge in [0.25, 0.3) is 0 Å². The van der Waals surface area contributed by atoms with Gasteiger partial charge in [0, 0.05) is 24.8 Å². The lowest BCUT2D eigenvalue weighted by molar-refractivity contribution is 0.0351. The van der Waals surface area contributed by atoms with Crippen LogP contribution in [0.4, 0.5) is 0 Å². The molecular weight excluding hydrogens is 248 g/mol. The molecule has 1 saturated carbocycles. The van der Waals surface area contributed by atoms with Crippen molar-refractivity contribution in [2.24, 2.45) is 5.92 Å². The highest BCUT2D eigenvalue weighted by Crippen LogP contribution is 2.37. The first-order valence-corrected chi connectivity index (χ1v) is 8.61. The summed E-state index contributed by atoms with van der Waals surface area (Å²) in [5.41, 5.74) is 0.365. The standard InChI is InChI=1S/C17H34N2O/c1-18-16(14-15-8-12-20-13-9-15)17(19(2)3)10-6-4-5-7-11-17/h15-16,18H,4-14H2,1-3H3. The third kappa shape index (κ3) is 3.75. The van der Waals surface area contributed by atoms with Crippen LogP contribution in [-0.2, 0) is 4.74 Å². The van der Waals surface area contributed by atoms with E-state index < -0.39 is 0 Å². The van der Waals surface area contributed by atoms with Crippen molar-refractivity contribution in [2.75, 3.05) is 34.4 Å². The molecule has 20 heavy (non-hydrogen) atoms. The Labute approximate surface area is 125 Å². The predicted molar refractivity (Wildman–Crippen MR) is 85.1 cm³/mol. The van der Waals surface area contributed by atoms with Crippen molar-refractivity contribution in [3.05, 3.63) is 0 Å². The van der Waals surface area contributed by atoms with Crippen LogP contribution < -0.4 is 5.32 Å². The number of rotatable bonds is 5. The summed E-state index contributed by atoms with van der Waals surface area (Å²) in [6.45, 7) is 1.94. The Morgan fingerprint density at radius 3 is 2.20 bits per heavy atom. The fourth-order valence-corrected chi connectivity index (χ4v) is 4.37. The third-order valence-electron chi connectivity index (χ3n) is 5.77. The topological polar surface area (TPSA) is 24.5 Å². The molecule has 0 aromatic carbocycles. The van der Waals surface area contributed by atoms with Crippen LogP contribution in [0.1, 0.15) is 57.8 Å². The molecule has 1 unspecified atom stereocenters. The van der Waals surface area contributed by atoms with Gasteiger partial charge in [-0.15, -0.1) is 0 Å². The SMILES string of the molecule is CNC(CC1CCOCC1)C1(N(C)C)CCCCCC1. The van der Waals surface area contributed by atoms with Gasteiger partial charge >= 0.3 is 0 Å². The molecule has 1 atom stereocenters. The molecule has 1 heterocycles. The van der Waals surface area contributed by atoms with Gasteiger partial charge in [-0.3, -0.25) is 0 Å². The van der Waals surface area contributed by atoms with Gasteiger partial charge < -0.3 is 15.0 Å². The number of nitrogens with one attached hydrogen (secondary N) is 1. The fraction of sp³-hybridized carbons (Fsp3) is 1.00. The minimum atomic E-state index is 0.365. The third-order valence-corrected chi connectivity index (χ3v) is 5.77. The second kappa shape index (κ2) is 7.77. The van der Waals surface area contributed by atoms with Crippen molar-refractivity contribution in [2.45, 2.75) is 69.4 Å². The van der Waals surface area contributed by atoms with E-state index in [9.17, 15) is 0 Å². The van der Waals surface area contributed by atoms with Crippen LogP contribution in [0.2, 0.25) is 0 Å². The number of hydrogen-bond acceptors (Lipinski definition) is 3. The summed E-state index contributed by atoms with van der Waals surface area (Å²) in [5, 5.41) is 3.69. The molecule has 1 aliphatic heterocycles. The van der Waals surface area contributed by atoms with Crippen LogP contribution in [-0.4, -0.2) is 50.8 Å². The van der Waals surface area contributed by atoms with E-state index in [-0.39, 0.29) is 0 Å². The normalized spacial score (nSPS) is 26.4. The van der Waals surface area contributed by atoms with Crippen molar-refractivity contribution >= 4 is 0 Å². The van der Waals surface area contributed by atoms with E-state index in [1.165, 1.54) is 57.8 Å². The van der Waals surface area contributed by atoms with E-state index >= 15 is 0 Å². The van der Waals surface area contributed by atoms with Crippen LogP contribution in [0.5, 0.6) is 0 Å². The summed E-state index contributed by atoms with van der Waals surface area (Å²) in [7, 11) is 6.75. The first-order chi connectivity index (χ1) is 9.69. The van der Waals surface area contributed by atoms with E-state index in [4.69, 9.17) is 4.74 Å². The van der Waals surface area contributed by atoms with Gasteiger partial charge in [-0.25, -0.2) is 0 Å². The average molecular weight is 282 g/mol. The molecule has 3 nitrogen and oxygen atoms in total. The molecule has 0 radical (unpaired) electrons. The number of ether oxygens (including phenoxy) is 1. The number of likely N-dealkylation sites (N-methyl/N-ethyl adjacent to an activating group) is 2. The quantitative estimate of drug-likeness (QED) is 0.784. The Bertz CT molecular complexity index is 266. The second-order valence-corrected chi connectivity index (χ2v) is 7.04. The molecule has 118 valence electrons. The van der Waals surface area contributed by atoms with Gasteiger partial charge in [0.1, 0.15) is 0 Å². The van der Waals surface area contributed by atoms with E-state index in [1.807, 2.05) is 0 Å². The fourth-order valence-electron chi connectivity index (χ4n) is 4.37. The monoisotopic (exact) mass is 282 g/mol. The van der Waals surface area contributed by atoms with Crippen LogP contribution in [0.25, 0.3) is 0 Å². The van der Waals surface area contributed by atoms with Gasteiger partial charge in [0.2, 0.25) is 0 Å². The first kappa shape index (κ1) is 16.3. The molecule has 2 fully saturated rings. The van der Waals surface area contributed by atoms with Gasteiger partial charge in [-0.1, -0.05) is 25.7 Å². The zero-order chi connectivity index (χ0) is 14.4. The minimum Gasteiger partial charge on any atom is -0.381 e. The molecular formula is C17H34N2O. The molecule has 0 spiro atoms. The lowest BCUT2D eigenvalue weighted by Crippen LogP contribution is -2.58. The summed E-state index contributed by atoms with van der Waals surface area (Å²) in [6.07, 6.45) is 12.2. The van der Waals surface area contributed by atoms with Gasteiger partial charge in [0.05, 0.1) is 0 Å². The van der Waals surface area contributed by atoms with Crippen molar-refractivity contribution in [3.8, 4) is 0 Å². The van der Waals surface area contributed by atoms with Crippen molar-refractivity contribution in [3.63, 3.8) is 0 Å². The summed E-state index contributed by atoms with van der Waals surface area (Å²) < 4.78 is 5.52. The maximum absolute atomic E-state index is 5.52. The highest BCUT2D eigenvalue weighted by Gasteiger charge is 2.41. The zero-order valence-electron chi connectivity index (χ0n) is 13.8. The maximum Gasteiger partial charge on any atom is 0.0468 e. The van der Waals surface area contributed by atoms with Gasteiger partial charge in [-0.05, 0) is 59.2 Å². The van der Waals surface area contributed by atoms with Crippen LogP contribution in [0.3, 0.4) is 0 Å². The number of hydrogen-bond donors (Lipinski definition) is 1. The summed E-state index contributed by atoms with van der Waals surface area (Å²) in [4.78, 5) is 2.53. The van der Waals surface area contributed by atoms with E-state index in [2.05, 4.69) is 31.4 Å². The minimum absolute atomic E-state index is 0.365. The Morgan fingerprint density at radius 1 is 1.10 bits per heavy atom. The van der Waals surface area contributed by atoms with E-state index in [1.54, 1.807) is 0 Å². The summed E-state index contributed by atoms with van der Waals surface area (Å²) in [6, 6.07) is 0.624. The molecule has 3 heteroatoms. The molecule has 0 bridgehead atoms. The molecule has 1 N–H and O–H groups in total. The molecule has 2 aliphatic rings. The van der Waals surface area contributed by atoms with E-state index in [0.29, 0.717) is 11.6 Å². The summed E-state index contributed by atoms with van der Waals surface area (Å²) in [5.74, 6) is 0.848. The van der Waals surface area contributed by atoms with Gasteiger partial charge in [-0.2, -0.15) is 0 Å². The zero-order valence-corrected chi connectivity index (χ0v) is 13.8. The molecule has 2 rings (SSSR count). The van der Waals surface area contributed by atoms with Gasteiger partial charge in [0.15, 0.2) is 0 Å². The number of nitrogens with zero attached hydrogens (tertiary/aromatic N) is 1. The Balaban J connectivity index is 2.07. The van der Waals surface area contributed by atoms with Crippen LogP contribution in [0, 0.1) is 5.92 Å². The smallest absolute Gasteiger partial charge is 0.0468 e. The molecule has 0 aromatic rings. The molecule has 0 amide bonds. The average Bonchev–Trinajstić information content (AvgIpc) is 2.72. The van der Waals surface area contributed by atoms with Crippen molar-refractivity contribution in [1.29, 1.82) is 0 Å². The predicted octanol–water partition coefficient (Wildman–Crippen LogP) is 3.05. The Kier molecular flexibility index (Phi) is 6.31. The van der Waals surface area contributed by atoms with Crippen molar-refractivity contribution < 1.29 is 4.74 Å². The highest BCUT2D eigenvalue weighted by molar-refractivity contribution is 5.00. The van der Waals surface area contributed by atoms with Crippen LogP contribution >= 0.6 is 0 Å². The second-order valence-electron chi connectivity index (χ2n) is 7.04. The molecule has 1 aliphatic carbocycles. The Hall–Kier alpha value is -0.120. The summed E-state index contributed by atoms with van der Waals surface area (Å²) >= 11 is 0.